The Hall–Kier alpha value is -1.81. The highest BCUT2D eigenvalue weighted by atomic mass is 32.1. The minimum Gasteiger partial charge on any atom is -0.494 e. The molecule has 21 heavy (non-hydrogen) atoms. The molecule has 0 aliphatic heterocycles. The van der Waals surface area contributed by atoms with Crippen LogP contribution in [0.3, 0.4) is 0 Å². The lowest BCUT2D eigenvalue weighted by molar-refractivity contribution is 0.0754. The van der Waals surface area contributed by atoms with Crippen LogP contribution in [0, 0.1) is 6.92 Å². The van der Waals surface area contributed by atoms with Gasteiger partial charge in [0.1, 0.15) is 5.75 Å². The molecular formula is C17H21NO2S. The van der Waals surface area contributed by atoms with Gasteiger partial charge in [0.2, 0.25) is 0 Å². The van der Waals surface area contributed by atoms with Gasteiger partial charge >= 0.3 is 0 Å². The molecule has 1 aromatic heterocycles. The Kier molecular flexibility index (Phi) is 5.39. The Morgan fingerprint density at radius 3 is 2.67 bits per heavy atom. The molecule has 0 saturated heterocycles. The molecule has 2 rings (SSSR count). The molecule has 1 heterocycles. The van der Waals surface area contributed by atoms with Crippen LogP contribution in [0.15, 0.2) is 35.7 Å². The normalized spacial score (nSPS) is 10.4. The van der Waals surface area contributed by atoms with Crippen LogP contribution < -0.4 is 4.74 Å². The van der Waals surface area contributed by atoms with E-state index in [-0.39, 0.29) is 5.91 Å². The lowest BCUT2D eigenvalue weighted by Crippen LogP contribution is -2.30. The minimum atomic E-state index is 0.0667. The van der Waals surface area contributed by atoms with Crippen molar-refractivity contribution < 1.29 is 9.53 Å². The third kappa shape index (κ3) is 3.85. The molecular weight excluding hydrogens is 282 g/mol. The van der Waals surface area contributed by atoms with Gasteiger partial charge in [-0.2, -0.15) is 0 Å². The second-order valence-corrected chi connectivity index (χ2v) is 5.84. The van der Waals surface area contributed by atoms with Gasteiger partial charge in [-0.05, 0) is 56.0 Å². The summed E-state index contributed by atoms with van der Waals surface area (Å²) in [7, 11) is 0. The fourth-order valence-corrected chi connectivity index (χ4v) is 2.92. The first-order chi connectivity index (χ1) is 10.2. The van der Waals surface area contributed by atoms with Gasteiger partial charge in [0.25, 0.3) is 5.91 Å². The summed E-state index contributed by atoms with van der Waals surface area (Å²) in [6, 6.07) is 9.70. The van der Waals surface area contributed by atoms with E-state index in [1.165, 1.54) is 4.88 Å². The quantitative estimate of drug-likeness (QED) is 0.803. The van der Waals surface area contributed by atoms with Crippen LogP contribution in [0.2, 0.25) is 0 Å². The summed E-state index contributed by atoms with van der Waals surface area (Å²) in [5.74, 6) is 0.910. The van der Waals surface area contributed by atoms with Crippen molar-refractivity contribution in [3.05, 3.63) is 51.7 Å². The zero-order valence-corrected chi connectivity index (χ0v) is 13.6. The predicted molar refractivity (Wildman–Crippen MR) is 87.1 cm³/mol. The standard InChI is InChI=1S/C17H21NO2S/c1-4-18(12-15-7-6-10-21-15)17(19)14-8-9-16(20-5-2)13(3)11-14/h6-11H,4-5,12H2,1-3H3. The lowest BCUT2D eigenvalue weighted by atomic mass is 10.1. The highest BCUT2D eigenvalue weighted by Crippen LogP contribution is 2.21. The van der Waals surface area contributed by atoms with Crippen LogP contribution in [0.25, 0.3) is 0 Å². The van der Waals surface area contributed by atoms with Gasteiger partial charge in [-0.25, -0.2) is 0 Å². The molecule has 0 aliphatic rings. The first-order valence-electron chi connectivity index (χ1n) is 7.20. The van der Waals surface area contributed by atoms with Crippen LogP contribution in [0.1, 0.15) is 34.6 Å². The van der Waals surface area contributed by atoms with E-state index >= 15 is 0 Å². The third-order valence-electron chi connectivity index (χ3n) is 3.32. The van der Waals surface area contributed by atoms with Gasteiger partial charge in [0.15, 0.2) is 0 Å². The topological polar surface area (TPSA) is 29.5 Å². The third-order valence-corrected chi connectivity index (χ3v) is 4.18. The number of aryl methyl sites for hydroxylation is 1. The number of hydrogen-bond donors (Lipinski definition) is 0. The van der Waals surface area contributed by atoms with Crippen LogP contribution in [0.5, 0.6) is 5.75 Å². The minimum absolute atomic E-state index is 0.0667. The van der Waals surface area contributed by atoms with Crippen molar-refractivity contribution in [3.8, 4) is 5.75 Å². The largest absolute Gasteiger partial charge is 0.494 e. The van der Waals surface area contributed by atoms with Gasteiger partial charge in [0, 0.05) is 17.0 Å². The molecule has 0 aliphatic carbocycles. The summed E-state index contributed by atoms with van der Waals surface area (Å²) in [5, 5.41) is 2.04. The Morgan fingerprint density at radius 2 is 2.10 bits per heavy atom. The second-order valence-electron chi connectivity index (χ2n) is 4.81. The highest BCUT2D eigenvalue weighted by molar-refractivity contribution is 7.09. The highest BCUT2D eigenvalue weighted by Gasteiger charge is 2.16. The Bertz CT molecular complexity index is 593. The maximum atomic E-state index is 12.6. The molecule has 3 nitrogen and oxygen atoms in total. The van der Waals surface area contributed by atoms with Crippen molar-refractivity contribution in [1.29, 1.82) is 0 Å². The molecule has 1 amide bonds. The van der Waals surface area contributed by atoms with Crippen molar-refractivity contribution >= 4 is 17.2 Å². The van der Waals surface area contributed by atoms with E-state index in [2.05, 4.69) is 6.07 Å². The van der Waals surface area contributed by atoms with E-state index in [1.54, 1.807) is 11.3 Å². The molecule has 112 valence electrons. The Balaban J connectivity index is 2.15. The Labute approximate surface area is 130 Å². The number of carbonyl (C=O) groups is 1. The molecule has 0 fully saturated rings. The summed E-state index contributed by atoms with van der Waals surface area (Å²) in [5.41, 5.74) is 1.71. The smallest absolute Gasteiger partial charge is 0.254 e. The Morgan fingerprint density at radius 1 is 1.29 bits per heavy atom. The number of nitrogens with zero attached hydrogens (tertiary/aromatic N) is 1. The monoisotopic (exact) mass is 303 g/mol. The van der Waals surface area contributed by atoms with Crippen molar-refractivity contribution in [3.63, 3.8) is 0 Å². The van der Waals surface area contributed by atoms with Crippen LogP contribution in [-0.4, -0.2) is 24.0 Å². The molecule has 2 aromatic rings. The summed E-state index contributed by atoms with van der Waals surface area (Å²) in [6.45, 7) is 7.93. The maximum absolute atomic E-state index is 12.6. The first-order valence-corrected chi connectivity index (χ1v) is 8.08. The van der Waals surface area contributed by atoms with E-state index in [0.717, 1.165) is 11.3 Å². The second kappa shape index (κ2) is 7.27. The number of amides is 1. The average Bonchev–Trinajstić information content (AvgIpc) is 2.99. The van der Waals surface area contributed by atoms with Crippen LogP contribution in [0.4, 0.5) is 0 Å². The molecule has 0 radical (unpaired) electrons. The van der Waals surface area contributed by atoms with Gasteiger partial charge in [0.05, 0.1) is 13.2 Å². The van der Waals surface area contributed by atoms with Crippen molar-refractivity contribution in [1.82, 2.24) is 4.90 Å². The van der Waals surface area contributed by atoms with Gasteiger partial charge in [-0.15, -0.1) is 11.3 Å². The van der Waals surface area contributed by atoms with Gasteiger partial charge < -0.3 is 9.64 Å². The van der Waals surface area contributed by atoms with E-state index in [0.29, 0.717) is 25.3 Å². The maximum Gasteiger partial charge on any atom is 0.254 e. The molecule has 0 saturated carbocycles. The number of rotatable bonds is 6. The first kappa shape index (κ1) is 15.6. The van der Waals surface area contributed by atoms with Gasteiger partial charge in [-0.1, -0.05) is 6.07 Å². The zero-order valence-electron chi connectivity index (χ0n) is 12.8. The summed E-state index contributed by atoms with van der Waals surface area (Å²) in [4.78, 5) is 15.7. The van der Waals surface area contributed by atoms with E-state index in [9.17, 15) is 4.79 Å². The van der Waals surface area contributed by atoms with Crippen molar-refractivity contribution in [2.75, 3.05) is 13.2 Å². The summed E-state index contributed by atoms with van der Waals surface area (Å²) >= 11 is 1.68. The SMILES string of the molecule is CCOc1ccc(C(=O)N(CC)Cc2cccs2)cc1C. The number of carbonyl (C=O) groups excluding carboxylic acids is 1. The number of thiophene rings is 1. The van der Waals surface area contributed by atoms with Crippen molar-refractivity contribution in [2.45, 2.75) is 27.3 Å². The number of hydrogen-bond acceptors (Lipinski definition) is 3. The number of benzene rings is 1. The lowest BCUT2D eigenvalue weighted by Gasteiger charge is -2.20. The molecule has 4 heteroatoms. The van der Waals surface area contributed by atoms with Crippen LogP contribution >= 0.6 is 11.3 Å². The summed E-state index contributed by atoms with van der Waals surface area (Å²) in [6.07, 6.45) is 0. The van der Waals surface area contributed by atoms with Gasteiger partial charge in [-0.3, -0.25) is 4.79 Å². The molecule has 1 aromatic carbocycles. The zero-order chi connectivity index (χ0) is 15.2. The van der Waals surface area contributed by atoms with Crippen molar-refractivity contribution in [2.24, 2.45) is 0 Å². The van der Waals surface area contributed by atoms with Crippen LogP contribution in [-0.2, 0) is 6.54 Å². The molecule has 0 bridgehead atoms. The predicted octanol–water partition coefficient (Wildman–Crippen LogP) is 4.12. The number of ether oxygens (including phenoxy) is 1. The molecule has 0 atom stereocenters. The van der Waals surface area contributed by atoms with E-state index < -0.39 is 0 Å². The van der Waals surface area contributed by atoms with E-state index in [4.69, 9.17) is 4.74 Å². The molecule has 0 spiro atoms. The summed E-state index contributed by atoms with van der Waals surface area (Å²) < 4.78 is 5.52. The fourth-order valence-electron chi connectivity index (χ4n) is 2.20. The molecule has 0 unspecified atom stereocenters. The average molecular weight is 303 g/mol. The molecule has 0 N–H and O–H groups in total. The van der Waals surface area contributed by atoms with E-state index in [1.807, 2.05) is 55.3 Å². The fraction of sp³-hybridized carbons (Fsp3) is 0.353.